The Morgan fingerprint density at radius 1 is 0.877 bits per heavy atom. The van der Waals surface area contributed by atoms with Crippen LogP contribution in [0.15, 0.2) is 48.5 Å². The number of hydrogen-bond donors (Lipinski definition) is 6. The van der Waals surface area contributed by atoms with Gasteiger partial charge in [-0.05, 0) is 75.1 Å². The van der Waals surface area contributed by atoms with Gasteiger partial charge in [0.1, 0.15) is 12.1 Å². The van der Waals surface area contributed by atoms with E-state index in [-0.39, 0.29) is 54.3 Å². The summed E-state index contributed by atoms with van der Waals surface area (Å²) in [6, 6.07) is 12.4. The van der Waals surface area contributed by atoms with Gasteiger partial charge in [0.15, 0.2) is 0 Å². The molecule has 0 aliphatic carbocycles. The molecule has 2 unspecified atom stereocenters. The number of amides is 7. The van der Waals surface area contributed by atoms with Crippen LogP contribution in [0.2, 0.25) is 10.0 Å². The molecule has 2 aliphatic rings. The van der Waals surface area contributed by atoms with Crippen LogP contribution in [0.1, 0.15) is 76.3 Å². The zero-order valence-corrected chi connectivity index (χ0v) is 35.3. The third kappa shape index (κ3) is 14.1. The summed E-state index contributed by atoms with van der Waals surface area (Å²) in [7, 11) is 0. The second-order valence-electron chi connectivity index (χ2n) is 15.0. The largest absolute Gasteiger partial charge is 0.356 e. The van der Waals surface area contributed by atoms with E-state index in [2.05, 4.69) is 39.2 Å². The van der Waals surface area contributed by atoms with Crippen LogP contribution in [0, 0.1) is 5.41 Å². The van der Waals surface area contributed by atoms with Crippen molar-refractivity contribution in [1.82, 2.24) is 36.4 Å². The number of likely N-dealkylation sites (tertiary alicyclic amines) is 2. The van der Waals surface area contributed by atoms with Gasteiger partial charge in [0, 0.05) is 70.8 Å². The molecule has 16 heteroatoms. The Morgan fingerprint density at radius 2 is 1.63 bits per heavy atom. The Morgan fingerprint density at radius 3 is 2.33 bits per heavy atom. The van der Waals surface area contributed by atoms with Gasteiger partial charge in [-0.3, -0.25) is 24.0 Å². The lowest BCUT2D eigenvalue weighted by molar-refractivity contribution is -0.143. The van der Waals surface area contributed by atoms with Gasteiger partial charge in [-0.1, -0.05) is 66.0 Å². The summed E-state index contributed by atoms with van der Waals surface area (Å²) >= 11 is 16.6. The number of piperidine rings is 2. The molecule has 13 nitrogen and oxygen atoms in total. The van der Waals surface area contributed by atoms with Crippen LogP contribution < -0.4 is 26.6 Å². The number of carbonyl (C=O) groups excluding carboxylic acids is 6. The van der Waals surface area contributed by atoms with Gasteiger partial charge >= 0.3 is 6.03 Å². The summed E-state index contributed by atoms with van der Waals surface area (Å²) in [5.74, 6) is -0.795. The highest BCUT2D eigenvalue weighted by Gasteiger charge is 2.44. The molecule has 0 saturated carbocycles. The quantitative estimate of drug-likeness (QED) is 0.0967. The fourth-order valence-electron chi connectivity index (χ4n) is 7.60. The summed E-state index contributed by atoms with van der Waals surface area (Å²) < 4.78 is 0. The van der Waals surface area contributed by atoms with Gasteiger partial charge in [0.2, 0.25) is 29.5 Å². The zero-order chi connectivity index (χ0) is 41.4. The molecule has 0 aromatic heterocycles. The number of nitrogens with zero attached hydrogens (tertiary/aromatic N) is 2. The first kappa shape index (κ1) is 45.7. The molecule has 2 aromatic carbocycles. The molecule has 2 aromatic rings. The van der Waals surface area contributed by atoms with E-state index < -0.39 is 23.5 Å². The monoisotopic (exact) mass is 845 g/mol. The van der Waals surface area contributed by atoms with Crippen LogP contribution in [0.5, 0.6) is 0 Å². The van der Waals surface area contributed by atoms with Crippen molar-refractivity contribution in [3.05, 3.63) is 69.7 Å². The number of unbranched alkanes of at least 4 members (excludes halogenated alkanes) is 2. The van der Waals surface area contributed by atoms with E-state index in [0.717, 1.165) is 12.0 Å². The number of thiol groups is 1. The fourth-order valence-corrected chi connectivity index (χ4v) is 8.18. The molecular formula is C41H57Cl2N7O6S. The fraction of sp³-hybridized carbons (Fsp3) is 0.561. The lowest BCUT2D eigenvalue weighted by Gasteiger charge is -2.43. The molecule has 0 bridgehead atoms. The van der Waals surface area contributed by atoms with Crippen LogP contribution in [-0.4, -0.2) is 109 Å². The zero-order valence-electron chi connectivity index (χ0n) is 32.9. The minimum Gasteiger partial charge on any atom is -0.356 e. The first-order chi connectivity index (χ1) is 27.3. The van der Waals surface area contributed by atoms with Crippen LogP contribution >= 0.6 is 35.8 Å². The summed E-state index contributed by atoms with van der Waals surface area (Å²) in [6.07, 6.45) is 5.67. The molecular weight excluding hydrogens is 789 g/mol. The van der Waals surface area contributed by atoms with Crippen LogP contribution in [0.3, 0.4) is 0 Å². The minimum atomic E-state index is -0.968. The normalized spacial score (nSPS) is 19.1. The summed E-state index contributed by atoms with van der Waals surface area (Å²) in [5, 5.41) is 15.0. The number of halogens is 2. The number of nitrogens with one attached hydrogen (secondary N) is 5. The van der Waals surface area contributed by atoms with Gasteiger partial charge in [-0.15, -0.1) is 0 Å². The standard InChI is InChI=1S/C41H57Cl2N7O6S/c1-3-44-39(55)41(24-29-12-6-4-7-13-29)18-11-21-50(27-41)38(54)34(23-30-16-17-32(42)33(43)22-30)48-40(56)47-31-14-10-20-49(25-31)36(52)15-8-5-9-19-45-37(53)35(26-57)46-28(2)51/h4,6-7,12-13,16-17,22,31,34-35,57H,3,5,8-11,14-15,18-21,23-27H2,1-2H3,(H,44,55)(H,45,53)(H,46,51)(H2,47,48,56)/t31-,34-,35?,41?/m1/s1. The maximum absolute atomic E-state index is 14.4. The van der Waals surface area contributed by atoms with Crippen molar-refractivity contribution in [2.75, 3.05) is 45.0 Å². The Balaban J connectivity index is 1.35. The number of benzene rings is 2. The van der Waals surface area contributed by atoms with Crippen LogP contribution in [0.4, 0.5) is 4.79 Å². The molecule has 2 saturated heterocycles. The molecule has 2 fully saturated rings. The summed E-state index contributed by atoms with van der Waals surface area (Å²) in [6.45, 7) is 5.71. The Kier molecular flexibility index (Phi) is 18.3. The third-order valence-corrected chi connectivity index (χ3v) is 11.6. The topological polar surface area (TPSA) is 169 Å². The van der Waals surface area contributed by atoms with Crippen molar-refractivity contribution in [3.8, 4) is 0 Å². The predicted octanol–water partition coefficient (Wildman–Crippen LogP) is 4.29. The first-order valence-electron chi connectivity index (χ1n) is 19.9. The second kappa shape index (κ2) is 22.8. The predicted molar refractivity (Wildman–Crippen MR) is 225 cm³/mol. The van der Waals surface area contributed by atoms with E-state index in [4.69, 9.17) is 23.2 Å². The summed E-state index contributed by atoms with van der Waals surface area (Å²) in [5.41, 5.74) is 0.885. The number of rotatable bonds is 18. The highest BCUT2D eigenvalue weighted by Crippen LogP contribution is 2.35. The third-order valence-electron chi connectivity index (χ3n) is 10.5. The Hall–Kier alpha value is -4.01. The van der Waals surface area contributed by atoms with Gasteiger partial charge in [-0.25, -0.2) is 4.79 Å². The number of hydrogen-bond acceptors (Lipinski definition) is 7. The van der Waals surface area contributed by atoms with Gasteiger partial charge in [-0.2, -0.15) is 12.6 Å². The highest BCUT2D eigenvalue weighted by atomic mass is 35.5. The van der Waals surface area contributed by atoms with Crippen molar-refractivity contribution < 1.29 is 28.8 Å². The molecule has 312 valence electrons. The van der Waals surface area contributed by atoms with Crippen molar-refractivity contribution >= 4 is 71.4 Å². The minimum absolute atomic E-state index is 0.00407. The van der Waals surface area contributed by atoms with E-state index in [1.165, 1.54) is 6.92 Å². The van der Waals surface area contributed by atoms with Gasteiger partial charge in [0.05, 0.1) is 15.5 Å². The lowest BCUT2D eigenvalue weighted by Crippen LogP contribution is -2.60. The molecule has 7 amide bonds. The molecule has 57 heavy (non-hydrogen) atoms. The smallest absolute Gasteiger partial charge is 0.315 e. The van der Waals surface area contributed by atoms with Crippen molar-refractivity contribution in [3.63, 3.8) is 0 Å². The highest BCUT2D eigenvalue weighted by molar-refractivity contribution is 7.80. The lowest BCUT2D eigenvalue weighted by atomic mass is 9.74. The molecule has 4 atom stereocenters. The van der Waals surface area contributed by atoms with Gasteiger partial charge in [0.25, 0.3) is 0 Å². The number of carbonyl (C=O) groups is 6. The van der Waals surface area contributed by atoms with Crippen LogP contribution in [-0.2, 0) is 36.8 Å². The average molecular weight is 847 g/mol. The molecule has 5 N–H and O–H groups in total. The van der Waals surface area contributed by atoms with E-state index in [1.54, 1.807) is 28.0 Å². The van der Waals surface area contributed by atoms with E-state index in [9.17, 15) is 28.8 Å². The molecule has 4 rings (SSSR count). The molecule has 0 spiro atoms. The Bertz CT molecular complexity index is 1700. The maximum Gasteiger partial charge on any atom is 0.315 e. The average Bonchev–Trinajstić information content (AvgIpc) is 3.19. The first-order valence-corrected chi connectivity index (χ1v) is 21.3. The van der Waals surface area contributed by atoms with Gasteiger partial charge < -0.3 is 36.4 Å². The van der Waals surface area contributed by atoms with E-state index in [1.807, 2.05) is 37.3 Å². The number of urea groups is 1. The van der Waals surface area contributed by atoms with E-state index >= 15 is 0 Å². The molecule has 2 aliphatic heterocycles. The molecule has 0 radical (unpaired) electrons. The van der Waals surface area contributed by atoms with Crippen LogP contribution in [0.25, 0.3) is 0 Å². The summed E-state index contributed by atoms with van der Waals surface area (Å²) in [4.78, 5) is 81.8. The Labute approximate surface area is 351 Å². The molecule has 2 heterocycles. The van der Waals surface area contributed by atoms with Crippen molar-refractivity contribution in [1.29, 1.82) is 0 Å². The second-order valence-corrected chi connectivity index (χ2v) is 16.2. The SMILES string of the molecule is CCNC(=O)C1(Cc2ccccc2)CCCN(C(=O)[C@@H](Cc2ccc(Cl)c(Cl)c2)NC(=O)N[C@@H]2CCCN(C(=O)CCCCCNC(=O)C(CS)NC(C)=O)C2)C1. The van der Waals surface area contributed by atoms with E-state index in [0.29, 0.717) is 99.7 Å². The maximum atomic E-state index is 14.4. The van der Waals surface area contributed by atoms with Crippen molar-refractivity contribution in [2.24, 2.45) is 5.41 Å². The van der Waals surface area contributed by atoms with Crippen molar-refractivity contribution in [2.45, 2.75) is 96.2 Å².